The molecule has 0 aromatic heterocycles. The number of methoxy groups -OCH3 is 3. The maximum absolute atomic E-state index is 12.7. The lowest BCUT2D eigenvalue weighted by molar-refractivity contribution is 0.354. The van der Waals surface area contributed by atoms with Crippen LogP contribution in [0.3, 0.4) is 0 Å². The third-order valence-electron chi connectivity index (χ3n) is 3.89. The molecular formula is C18H23NO5S. The Bertz CT molecular complexity index is 803. The highest BCUT2D eigenvalue weighted by Crippen LogP contribution is 2.30. The van der Waals surface area contributed by atoms with E-state index in [9.17, 15) is 8.42 Å². The number of hydrogen-bond donors (Lipinski definition) is 1. The van der Waals surface area contributed by atoms with Crippen molar-refractivity contribution >= 4 is 10.0 Å². The standard InChI is InChI=1S/C18H23NO5S/c1-5-16(13-6-8-14(22-2)9-7-13)19-25(20,21)15-10-11-17(23-3)18(12-15)24-4/h6-12,16,19H,5H2,1-4H3/t16-/m0/s1. The van der Waals surface area contributed by atoms with Gasteiger partial charge in [-0.05, 0) is 36.2 Å². The molecule has 1 atom stereocenters. The summed E-state index contributed by atoms with van der Waals surface area (Å²) in [6, 6.07) is 11.5. The van der Waals surface area contributed by atoms with Gasteiger partial charge in [0.05, 0.1) is 26.2 Å². The van der Waals surface area contributed by atoms with Crippen LogP contribution in [0.15, 0.2) is 47.4 Å². The van der Waals surface area contributed by atoms with Gasteiger partial charge in [-0.25, -0.2) is 13.1 Å². The minimum Gasteiger partial charge on any atom is -0.497 e. The highest BCUT2D eigenvalue weighted by Gasteiger charge is 2.22. The van der Waals surface area contributed by atoms with Gasteiger partial charge in [0.15, 0.2) is 11.5 Å². The van der Waals surface area contributed by atoms with Crippen molar-refractivity contribution in [1.29, 1.82) is 0 Å². The fourth-order valence-electron chi connectivity index (χ4n) is 2.46. The first-order chi connectivity index (χ1) is 11.9. The third-order valence-corrected chi connectivity index (χ3v) is 5.36. The Morgan fingerprint density at radius 1 is 0.920 bits per heavy atom. The minimum absolute atomic E-state index is 0.122. The zero-order chi connectivity index (χ0) is 18.4. The quantitative estimate of drug-likeness (QED) is 0.778. The van der Waals surface area contributed by atoms with Crippen LogP contribution in [0, 0.1) is 0 Å². The number of sulfonamides is 1. The van der Waals surface area contributed by atoms with Gasteiger partial charge >= 0.3 is 0 Å². The lowest BCUT2D eigenvalue weighted by atomic mass is 10.1. The molecule has 7 heteroatoms. The molecule has 0 aliphatic heterocycles. The molecule has 0 aliphatic rings. The Balaban J connectivity index is 2.28. The molecular weight excluding hydrogens is 342 g/mol. The van der Waals surface area contributed by atoms with E-state index in [2.05, 4.69) is 4.72 Å². The molecule has 6 nitrogen and oxygen atoms in total. The van der Waals surface area contributed by atoms with Gasteiger partial charge in [0.2, 0.25) is 10.0 Å². The molecule has 0 radical (unpaired) electrons. The van der Waals surface area contributed by atoms with Crippen LogP contribution >= 0.6 is 0 Å². The normalized spacial score (nSPS) is 12.5. The molecule has 136 valence electrons. The highest BCUT2D eigenvalue weighted by atomic mass is 32.2. The number of benzene rings is 2. The lowest BCUT2D eigenvalue weighted by Gasteiger charge is -2.18. The van der Waals surface area contributed by atoms with Crippen molar-refractivity contribution in [3.63, 3.8) is 0 Å². The Morgan fingerprint density at radius 3 is 2.08 bits per heavy atom. The second kappa shape index (κ2) is 8.22. The average Bonchev–Trinajstić information content (AvgIpc) is 2.65. The summed E-state index contributed by atoms with van der Waals surface area (Å²) in [6.45, 7) is 1.92. The van der Waals surface area contributed by atoms with Crippen LogP contribution < -0.4 is 18.9 Å². The number of hydrogen-bond acceptors (Lipinski definition) is 5. The molecule has 0 bridgehead atoms. The molecule has 0 unspecified atom stereocenters. The Labute approximate surface area is 148 Å². The van der Waals surface area contributed by atoms with Crippen LogP contribution in [0.4, 0.5) is 0 Å². The van der Waals surface area contributed by atoms with Crippen LogP contribution in [0.2, 0.25) is 0 Å². The van der Waals surface area contributed by atoms with Crippen molar-refractivity contribution in [2.45, 2.75) is 24.3 Å². The van der Waals surface area contributed by atoms with E-state index in [1.165, 1.54) is 26.4 Å². The number of nitrogens with one attached hydrogen (secondary N) is 1. The summed E-state index contributed by atoms with van der Waals surface area (Å²) in [6.07, 6.45) is 0.610. The first-order valence-electron chi connectivity index (χ1n) is 7.83. The molecule has 2 aromatic carbocycles. The van der Waals surface area contributed by atoms with Crippen molar-refractivity contribution in [1.82, 2.24) is 4.72 Å². The van der Waals surface area contributed by atoms with E-state index in [4.69, 9.17) is 14.2 Å². The summed E-state index contributed by atoms with van der Waals surface area (Å²) >= 11 is 0. The van der Waals surface area contributed by atoms with Gasteiger partial charge in [-0.15, -0.1) is 0 Å². The third kappa shape index (κ3) is 4.43. The van der Waals surface area contributed by atoms with Gasteiger partial charge in [0.1, 0.15) is 5.75 Å². The summed E-state index contributed by atoms with van der Waals surface area (Å²) in [5.41, 5.74) is 0.868. The van der Waals surface area contributed by atoms with Crippen LogP contribution in [0.1, 0.15) is 24.9 Å². The summed E-state index contributed by atoms with van der Waals surface area (Å²) in [7, 11) is 0.847. The van der Waals surface area contributed by atoms with Gasteiger partial charge in [-0.1, -0.05) is 19.1 Å². The largest absolute Gasteiger partial charge is 0.497 e. The number of ether oxygens (including phenoxy) is 3. The molecule has 0 heterocycles. The fraction of sp³-hybridized carbons (Fsp3) is 0.333. The summed E-state index contributed by atoms with van der Waals surface area (Å²) in [5, 5.41) is 0. The van der Waals surface area contributed by atoms with E-state index in [1.807, 2.05) is 31.2 Å². The van der Waals surface area contributed by atoms with E-state index in [0.717, 1.165) is 11.3 Å². The second-order valence-corrected chi connectivity index (χ2v) is 7.09. The van der Waals surface area contributed by atoms with E-state index in [1.54, 1.807) is 13.2 Å². The molecule has 2 aromatic rings. The molecule has 0 fully saturated rings. The van der Waals surface area contributed by atoms with Crippen molar-refractivity contribution in [3.8, 4) is 17.2 Å². The fourth-order valence-corrected chi connectivity index (χ4v) is 3.79. The maximum Gasteiger partial charge on any atom is 0.241 e. The molecule has 2 rings (SSSR count). The van der Waals surface area contributed by atoms with Crippen LogP contribution in [0.5, 0.6) is 17.2 Å². The molecule has 0 aliphatic carbocycles. The van der Waals surface area contributed by atoms with E-state index < -0.39 is 10.0 Å². The molecule has 25 heavy (non-hydrogen) atoms. The predicted molar refractivity (Wildman–Crippen MR) is 95.9 cm³/mol. The first-order valence-corrected chi connectivity index (χ1v) is 9.31. The Hall–Kier alpha value is -2.25. The Morgan fingerprint density at radius 2 is 1.56 bits per heavy atom. The van der Waals surface area contributed by atoms with E-state index >= 15 is 0 Å². The van der Waals surface area contributed by atoms with E-state index in [0.29, 0.717) is 17.9 Å². The first kappa shape index (κ1) is 19.1. The maximum atomic E-state index is 12.7. The van der Waals surface area contributed by atoms with Crippen molar-refractivity contribution < 1.29 is 22.6 Å². The van der Waals surface area contributed by atoms with Crippen molar-refractivity contribution in [3.05, 3.63) is 48.0 Å². The summed E-state index contributed by atoms with van der Waals surface area (Å²) in [5.74, 6) is 1.56. The van der Waals surface area contributed by atoms with Gasteiger partial charge < -0.3 is 14.2 Å². The van der Waals surface area contributed by atoms with Gasteiger partial charge in [0, 0.05) is 12.1 Å². The predicted octanol–water partition coefficient (Wildman–Crippen LogP) is 3.14. The monoisotopic (exact) mass is 365 g/mol. The topological polar surface area (TPSA) is 73.9 Å². The zero-order valence-electron chi connectivity index (χ0n) is 14.8. The SMILES string of the molecule is CC[C@H](NS(=O)(=O)c1ccc(OC)c(OC)c1)c1ccc(OC)cc1. The smallest absolute Gasteiger partial charge is 0.241 e. The van der Waals surface area contributed by atoms with Crippen molar-refractivity contribution in [2.24, 2.45) is 0 Å². The van der Waals surface area contributed by atoms with Crippen LogP contribution in [-0.4, -0.2) is 29.7 Å². The Kier molecular flexibility index (Phi) is 6.27. The zero-order valence-corrected chi connectivity index (χ0v) is 15.6. The molecule has 0 spiro atoms. The molecule has 1 N–H and O–H groups in total. The summed E-state index contributed by atoms with van der Waals surface area (Å²) < 4.78 is 43.7. The minimum atomic E-state index is -3.71. The molecule has 0 saturated heterocycles. The number of rotatable bonds is 8. The van der Waals surface area contributed by atoms with Crippen LogP contribution in [-0.2, 0) is 10.0 Å². The van der Waals surface area contributed by atoms with Crippen LogP contribution in [0.25, 0.3) is 0 Å². The lowest BCUT2D eigenvalue weighted by Crippen LogP contribution is -2.28. The van der Waals surface area contributed by atoms with E-state index in [-0.39, 0.29) is 10.9 Å². The average molecular weight is 365 g/mol. The van der Waals surface area contributed by atoms with Gasteiger partial charge in [0.25, 0.3) is 0 Å². The van der Waals surface area contributed by atoms with Crippen molar-refractivity contribution in [2.75, 3.05) is 21.3 Å². The second-order valence-electron chi connectivity index (χ2n) is 5.37. The molecule has 0 saturated carbocycles. The van der Waals surface area contributed by atoms with Gasteiger partial charge in [-0.3, -0.25) is 0 Å². The molecule has 0 amide bonds. The highest BCUT2D eigenvalue weighted by molar-refractivity contribution is 7.89. The van der Waals surface area contributed by atoms with Gasteiger partial charge in [-0.2, -0.15) is 0 Å². The summed E-state index contributed by atoms with van der Waals surface area (Å²) in [4.78, 5) is 0.122.